The maximum absolute atomic E-state index is 14.0. The monoisotopic (exact) mass is 563 g/mol. The van der Waals surface area contributed by atoms with Gasteiger partial charge in [0.25, 0.3) is 5.91 Å². The fourth-order valence-electron chi connectivity index (χ4n) is 6.06. The van der Waals surface area contributed by atoms with Crippen molar-refractivity contribution >= 4 is 16.8 Å². The van der Waals surface area contributed by atoms with Crippen LogP contribution in [0.2, 0.25) is 0 Å². The van der Waals surface area contributed by atoms with E-state index in [1.54, 1.807) is 7.11 Å². The molecule has 42 heavy (non-hydrogen) atoms. The average molecular weight is 564 g/mol. The zero-order chi connectivity index (χ0) is 29.4. The Kier molecular flexibility index (Phi) is 7.52. The molecular weight excluding hydrogens is 526 g/mol. The zero-order valence-electron chi connectivity index (χ0n) is 24.5. The molecule has 0 spiro atoms. The van der Waals surface area contributed by atoms with E-state index in [2.05, 4.69) is 52.1 Å². The van der Waals surface area contributed by atoms with Crippen molar-refractivity contribution in [3.63, 3.8) is 0 Å². The van der Waals surface area contributed by atoms with Gasteiger partial charge in [0.05, 0.1) is 37.1 Å². The van der Waals surface area contributed by atoms with Crippen molar-refractivity contribution in [3.05, 3.63) is 95.2 Å². The number of carbonyl (C=O) groups excluding carboxylic acids is 1. The number of amides is 1. The summed E-state index contributed by atoms with van der Waals surface area (Å²) in [5.74, 6) is 1.19. The first kappa shape index (κ1) is 27.7. The van der Waals surface area contributed by atoms with Gasteiger partial charge in [-0.2, -0.15) is 0 Å². The summed E-state index contributed by atoms with van der Waals surface area (Å²) >= 11 is 0. The van der Waals surface area contributed by atoms with Crippen LogP contribution in [0.4, 0.5) is 0 Å². The first-order valence-corrected chi connectivity index (χ1v) is 14.5. The second-order valence-corrected chi connectivity index (χ2v) is 11.3. The highest BCUT2D eigenvalue weighted by Crippen LogP contribution is 2.43. The van der Waals surface area contributed by atoms with Crippen molar-refractivity contribution in [1.29, 1.82) is 0 Å². The molecule has 1 aliphatic heterocycles. The number of nitrogens with zero attached hydrogens (tertiary/aromatic N) is 1. The molecule has 7 heteroatoms. The summed E-state index contributed by atoms with van der Waals surface area (Å²) in [5, 5.41) is 14.5. The van der Waals surface area contributed by atoms with Crippen LogP contribution >= 0.6 is 0 Å². The summed E-state index contributed by atoms with van der Waals surface area (Å²) in [5.41, 5.74) is 8.81. The summed E-state index contributed by atoms with van der Waals surface area (Å²) < 4.78 is 14.0. The maximum Gasteiger partial charge on any atom is 0.253 e. The predicted molar refractivity (Wildman–Crippen MR) is 166 cm³/mol. The van der Waals surface area contributed by atoms with Crippen LogP contribution < -0.4 is 14.8 Å². The van der Waals surface area contributed by atoms with Gasteiger partial charge in [-0.1, -0.05) is 42.0 Å². The van der Waals surface area contributed by atoms with E-state index in [0.717, 1.165) is 63.1 Å². The lowest BCUT2D eigenvalue weighted by atomic mass is 9.97. The Labute approximate surface area is 246 Å². The summed E-state index contributed by atoms with van der Waals surface area (Å²) in [6, 6.07) is 21.9. The number of benzene rings is 3. The van der Waals surface area contributed by atoms with Gasteiger partial charge in [0.1, 0.15) is 0 Å². The van der Waals surface area contributed by atoms with Gasteiger partial charge in [0.2, 0.25) is 0 Å². The Morgan fingerprint density at radius 1 is 1.07 bits per heavy atom. The maximum atomic E-state index is 14.0. The van der Waals surface area contributed by atoms with Crippen LogP contribution in [0.5, 0.6) is 11.5 Å². The van der Waals surface area contributed by atoms with E-state index < -0.39 is 6.04 Å². The lowest BCUT2D eigenvalue weighted by molar-refractivity contribution is 0.0917. The molecule has 2 aromatic heterocycles. The normalized spacial score (nSPS) is 13.1. The van der Waals surface area contributed by atoms with Gasteiger partial charge >= 0.3 is 0 Å². The molecule has 0 radical (unpaired) electrons. The molecule has 5 aromatic rings. The minimum Gasteiger partial charge on any atom is -0.493 e. The molecule has 1 aliphatic rings. The number of aryl methyl sites for hydroxylation is 2. The molecule has 0 unspecified atom stereocenters. The van der Waals surface area contributed by atoms with Crippen molar-refractivity contribution in [2.24, 2.45) is 0 Å². The molecule has 0 saturated carbocycles. The molecule has 3 aromatic carbocycles. The highest BCUT2D eigenvalue weighted by Gasteiger charge is 2.29. The van der Waals surface area contributed by atoms with Crippen LogP contribution in [0.1, 0.15) is 40.9 Å². The second kappa shape index (κ2) is 11.4. The molecular formula is C35H37N3O4. The Morgan fingerprint density at radius 3 is 2.67 bits per heavy atom. The largest absolute Gasteiger partial charge is 0.493 e. The van der Waals surface area contributed by atoms with E-state index in [1.165, 1.54) is 0 Å². The lowest BCUT2D eigenvalue weighted by Gasteiger charge is -2.24. The van der Waals surface area contributed by atoms with Crippen LogP contribution in [0.25, 0.3) is 33.4 Å². The fraction of sp³-hybridized carbons (Fsp3) is 0.286. The van der Waals surface area contributed by atoms with Crippen LogP contribution in [0.3, 0.4) is 0 Å². The number of aliphatic hydroxyl groups is 1. The molecule has 0 fully saturated rings. The molecule has 7 nitrogen and oxygen atoms in total. The number of ether oxygens (including phenoxy) is 2. The Bertz CT molecular complexity index is 1760. The van der Waals surface area contributed by atoms with E-state index in [9.17, 15) is 9.90 Å². The van der Waals surface area contributed by atoms with E-state index in [4.69, 9.17) is 9.47 Å². The second-order valence-electron chi connectivity index (χ2n) is 11.3. The SMILES string of the molecule is COc1cc2c(cc1OC(C)C)-c1cc(C(=O)N[C@@H](CO)Cc3c[nH]c4ccccc34)c(-c3cccc(C)c3)n1CC2. The van der Waals surface area contributed by atoms with Gasteiger partial charge in [0, 0.05) is 34.9 Å². The number of para-hydroxylation sites is 1. The van der Waals surface area contributed by atoms with Gasteiger partial charge in [0.15, 0.2) is 11.5 Å². The first-order valence-electron chi connectivity index (χ1n) is 14.5. The quantitative estimate of drug-likeness (QED) is 0.197. The Balaban J connectivity index is 1.41. The average Bonchev–Trinajstić information content (AvgIpc) is 3.58. The third-order valence-electron chi connectivity index (χ3n) is 7.96. The van der Waals surface area contributed by atoms with Gasteiger partial charge in [-0.15, -0.1) is 0 Å². The summed E-state index contributed by atoms with van der Waals surface area (Å²) in [6.07, 6.45) is 3.26. The highest BCUT2D eigenvalue weighted by molar-refractivity contribution is 6.02. The number of hydrogen-bond donors (Lipinski definition) is 3. The number of nitrogens with one attached hydrogen (secondary N) is 2. The molecule has 0 bridgehead atoms. The third-order valence-corrected chi connectivity index (χ3v) is 7.96. The molecule has 1 amide bonds. The molecule has 216 valence electrons. The van der Waals surface area contributed by atoms with Gasteiger partial charge < -0.3 is 29.4 Å². The molecule has 0 aliphatic carbocycles. The van der Waals surface area contributed by atoms with E-state index >= 15 is 0 Å². The lowest BCUT2D eigenvalue weighted by Crippen LogP contribution is -2.39. The van der Waals surface area contributed by atoms with E-state index in [1.807, 2.05) is 56.4 Å². The molecule has 6 rings (SSSR count). The Hall–Kier alpha value is -4.49. The molecule has 3 N–H and O–H groups in total. The highest BCUT2D eigenvalue weighted by atomic mass is 16.5. The topological polar surface area (TPSA) is 88.5 Å². The number of aromatic nitrogens is 2. The van der Waals surface area contributed by atoms with Gasteiger partial charge in [-0.3, -0.25) is 4.79 Å². The summed E-state index contributed by atoms with van der Waals surface area (Å²) in [6.45, 7) is 6.60. The summed E-state index contributed by atoms with van der Waals surface area (Å²) in [7, 11) is 1.66. The number of aliphatic hydroxyl groups excluding tert-OH is 1. The number of carbonyl (C=O) groups is 1. The summed E-state index contributed by atoms with van der Waals surface area (Å²) in [4.78, 5) is 17.3. The van der Waals surface area contributed by atoms with Gasteiger partial charge in [-0.05, 0) is 80.6 Å². The number of rotatable bonds is 9. The molecule has 1 atom stereocenters. The van der Waals surface area contributed by atoms with Crippen LogP contribution in [-0.4, -0.2) is 46.4 Å². The van der Waals surface area contributed by atoms with Crippen molar-refractivity contribution in [3.8, 4) is 34.0 Å². The molecule has 0 saturated heterocycles. The van der Waals surface area contributed by atoms with Crippen molar-refractivity contribution in [1.82, 2.24) is 14.9 Å². The standard InChI is InChI=1S/C35H37N3O4/c1-21(2)42-33-18-28-23(16-32(33)41-4)12-13-38-31(28)17-29(34(38)24-9-7-8-22(3)14-24)35(40)37-26(20-39)15-25-19-36-30-11-6-5-10-27(25)30/h5-11,14,16-19,21,26,36,39H,12-13,15,20H2,1-4H3,(H,37,40)/t26-/m1/s1. The predicted octanol–water partition coefficient (Wildman–Crippen LogP) is 6.30. The van der Waals surface area contributed by atoms with E-state index in [-0.39, 0.29) is 18.6 Å². The third kappa shape index (κ3) is 5.16. The number of fused-ring (bicyclic) bond motifs is 4. The van der Waals surface area contributed by atoms with Crippen molar-refractivity contribution in [2.45, 2.75) is 52.3 Å². The minimum atomic E-state index is -0.443. The first-order chi connectivity index (χ1) is 20.4. The van der Waals surface area contributed by atoms with Crippen molar-refractivity contribution < 1.29 is 19.4 Å². The zero-order valence-corrected chi connectivity index (χ0v) is 24.5. The van der Waals surface area contributed by atoms with Crippen LogP contribution in [0, 0.1) is 6.92 Å². The van der Waals surface area contributed by atoms with Crippen LogP contribution in [0.15, 0.2) is 72.9 Å². The van der Waals surface area contributed by atoms with Crippen LogP contribution in [-0.2, 0) is 19.4 Å². The number of aromatic amines is 1. The van der Waals surface area contributed by atoms with Gasteiger partial charge in [-0.25, -0.2) is 0 Å². The van der Waals surface area contributed by atoms with Crippen molar-refractivity contribution in [2.75, 3.05) is 13.7 Å². The number of hydrogen-bond acceptors (Lipinski definition) is 4. The smallest absolute Gasteiger partial charge is 0.253 e. The minimum absolute atomic E-state index is 0.0101. The number of methoxy groups -OCH3 is 1. The number of H-pyrrole nitrogens is 1. The Morgan fingerprint density at radius 2 is 1.90 bits per heavy atom. The van der Waals surface area contributed by atoms with E-state index in [0.29, 0.717) is 23.5 Å². The molecule has 3 heterocycles. The fourth-order valence-corrected chi connectivity index (χ4v) is 6.06.